The second-order valence-electron chi connectivity index (χ2n) is 6.14. The maximum atomic E-state index is 12.2. The lowest BCUT2D eigenvalue weighted by atomic mass is 10.1. The smallest absolute Gasteiger partial charge is 0.226 e. The lowest BCUT2D eigenvalue weighted by molar-refractivity contribution is -0.129. The van der Waals surface area contributed by atoms with Crippen LogP contribution in [0, 0.1) is 0 Å². The Bertz CT molecular complexity index is 724. The Labute approximate surface area is 155 Å². The molecule has 0 aliphatic heterocycles. The molecule has 0 aliphatic carbocycles. The normalized spacial score (nSPS) is 10.3. The third-order valence-corrected chi connectivity index (χ3v) is 4.23. The fraction of sp³-hybridized carbons (Fsp3) is 0.333. The first-order valence-corrected chi connectivity index (χ1v) is 8.79. The SMILES string of the molecule is CCc1ccc(NC(=O)CCN(Cc2ccc(OC)cc2)C(C)=O)cc1. The predicted molar refractivity (Wildman–Crippen MR) is 103 cm³/mol. The lowest BCUT2D eigenvalue weighted by Gasteiger charge is -2.21. The molecule has 0 heterocycles. The van der Waals surface area contributed by atoms with Crippen LogP contribution in [0.25, 0.3) is 0 Å². The standard InChI is InChI=1S/C21H26N2O3/c1-4-17-5-9-19(10-6-17)22-21(25)13-14-23(16(2)24)15-18-7-11-20(26-3)12-8-18/h5-12H,4,13-15H2,1-3H3,(H,22,25). The third-order valence-electron chi connectivity index (χ3n) is 4.23. The number of carbonyl (C=O) groups is 2. The second-order valence-corrected chi connectivity index (χ2v) is 6.14. The lowest BCUT2D eigenvalue weighted by Crippen LogP contribution is -2.31. The number of nitrogens with one attached hydrogen (secondary N) is 1. The maximum absolute atomic E-state index is 12.2. The van der Waals surface area contributed by atoms with Gasteiger partial charge in [0.05, 0.1) is 7.11 Å². The zero-order valence-corrected chi connectivity index (χ0v) is 15.6. The van der Waals surface area contributed by atoms with E-state index in [9.17, 15) is 9.59 Å². The van der Waals surface area contributed by atoms with Crippen molar-refractivity contribution in [1.29, 1.82) is 0 Å². The number of hydrogen-bond acceptors (Lipinski definition) is 3. The zero-order chi connectivity index (χ0) is 18.9. The van der Waals surface area contributed by atoms with Gasteiger partial charge in [0, 0.05) is 32.1 Å². The van der Waals surface area contributed by atoms with E-state index < -0.39 is 0 Å². The van der Waals surface area contributed by atoms with Crippen molar-refractivity contribution in [2.24, 2.45) is 0 Å². The molecule has 0 aliphatic rings. The van der Waals surface area contributed by atoms with E-state index in [2.05, 4.69) is 12.2 Å². The first kappa shape index (κ1) is 19.5. The summed E-state index contributed by atoms with van der Waals surface area (Å²) in [6, 6.07) is 15.4. The van der Waals surface area contributed by atoms with Gasteiger partial charge in [0.15, 0.2) is 0 Å². The molecule has 0 fully saturated rings. The Hall–Kier alpha value is -2.82. The van der Waals surface area contributed by atoms with Gasteiger partial charge in [-0.3, -0.25) is 9.59 Å². The molecular weight excluding hydrogens is 328 g/mol. The van der Waals surface area contributed by atoms with Crippen LogP contribution >= 0.6 is 0 Å². The fourth-order valence-electron chi connectivity index (χ4n) is 2.58. The van der Waals surface area contributed by atoms with Crippen LogP contribution in [0.5, 0.6) is 5.75 Å². The Balaban J connectivity index is 1.88. The summed E-state index contributed by atoms with van der Waals surface area (Å²) in [5, 5.41) is 2.87. The zero-order valence-electron chi connectivity index (χ0n) is 15.6. The molecule has 26 heavy (non-hydrogen) atoms. The van der Waals surface area contributed by atoms with E-state index in [-0.39, 0.29) is 18.2 Å². The molecule has 0 spiro atoms. The summed E-state index contributed by atoms with van der Waals surface area (Å²) in [7, 11) is 1.62. The Morgan fingerprint density at radius 1 is 1.00 bits per heavy atom. The minimum atomic E-state index is -0.102. The van der Waals surface area contributed by atoms with Crippen molar-refractivity contribution in [2.45, 2.75) is 33.2 Å². The van der Waals surface area contributed by atoms with Crippen LogP contribution in [0.4, 0.5) is 5.69 Å². The molecule has 2 amide bonds. The van der Waals surface area contributed by atoms with Gasteiger partial charge >= 0.3 is 0 Å². The van der Waals surface area contributed by atoms with Crippen molar-refractivity contribution < 1.29 is 14.3 Å². The van der Waals surface area contributed by atoms with Gasteiger partial charge in [-0.25, -0.2) is 0 Å². The number of nitrogens with zero attached hydrogens (tertiary/aromatic N) is 1. The number of rotatable bonds is 8. The van der Waals surface area contributed by atoms with Gasteiger partial charge in [0.2, 0.25) is 11.8 Å². The van der Waals surface area contributed by atoms with Crippen molar-refractivity contribution in [3.05, 3.63) is 59.7 Å². The molecule has 0 radical (unpaired) electrons. The van der Waals surface area contributed by atoms with Crippen molar-refractivity contribution in [1.82, 2.24) is 4.90 Å². The molecule has 0 unspecified atom stereocenters. The molecule has 5 heteroatoms. The summed E-state index contributed by atoms with van der Waals surface area (Å²) >= 11 is 0. The molecule has 1 N–H and O–H groups in total. The highest BCUT2D eigenvalue weighted by molar-refractivity contribution is 5.91. The van der Waals surface area contributed by atoms with Gasteiger partial charge in [0.1, 0.15) is 5.75 Å². The molecule has 5 nitrogen and oxygen atoms in total. The number of carbonyl (C=O) groups excluding carboxylic acids is 2. The number of amides is 2. The minimum Gasteiger partial charge on any atom is -0.497 e. The molecule has 138 valence electrons. The van der Waals surface area contributed by atoms with Crippen LogP contribution in [0.1, 0.15) is 31.4 Å². The van der Waals surface area contributed by atoms with Crippen molar-refractivity contribution >= 4 is 17.5 Å². The number of hydrogen-bond donors (Lipinski definition) is 1. The summed E-state index contributed by atoms with van der Waals surface area (Å²) in [6.07, 6.45) is 1.22. The monoisotopic (exact) mass is 354 g/mol. The van der Waals surface area contributed by atoms with Gasteiger partial charge in [-0.1, -0.05) is 31.2 Å². The topological polar surface area (TPSA) is 58.6 Å². The van der Waals surface area contributed by atoms with E-state index in [1.807, 2.05) is 48.5 Å². The number of aryl methyl sites for hydroxylation is 1. The highest BCUT2D eigenvalue weighted by Crippen LogP contribution is 2.14. The molecule has 0 aromatic heterocycles. The van der Waals surface area contributed by atoms with Crippen LogP contribution in [-0.2, 0) is 22.6 Å². The number of benzene rings is 2. The highest BCUT2D eigenvalue weighted by Gasteiger charge is 2.12. The summed E-state index contributed by atoms with van der Waals surface area (Å²) in [4.78, 5) is 25.7. The summed E-state index contributed by atoms with van der Waals surface area (Å²) in [5.41, 5.74) is 3.00. The predicted octanol–water partition coefficient (Wildman–Crippen LogP) is 3.63. The molecule has 0 bridgehead atoms. The van der Waals surface area contributed by atoms with Gasteiger partial charge in [-0.2, -0.15) is 0 Å². The molecule has 0 atom stereocenters. The average Bonchev–Trinajstić information content (AvgIpc) is 2.66. The van der Waals surface area contributed by atoms with E-state index in [1.54, 1.807) is 12.0 Å². The van der Waals surface area contributed by atoms with E-state index in [0.717, 1.165) is 23.4 Å². The van der Waals surface area contributed by atoms with E-state index in [0.29, 0.717) is 13.1 Å². The molecule has 2 rings (SSSR count). The number of anilines is 1. The Morgan fingerprint density at radius 2 is 1.62 bits per heavy atom. The van der Waals surface area contributed by atoms with Crippen LogP contribution in [-0.4, -0.2) is 30.4 Å². The first-order chi connectivity index (χ1) is 12.5. The first-order valence-electron chi connectivity index (χ1n) is 8.79. The van der Waals surface area contributed by atoms with Gasteiger partial charge in [-0.15, -0.1) is 0 Å². The quantitative estimate of drug-likeness (QED) is 0.787. The molecule has 0 saturated heterocycles. The van der Waals surface area contributed by atoms with E-state index >= 15 is 0 Å². The number of ether oxygens (including phenoxy) is 1. The van der Waals surface area contributed by atoms with Crippen LogP contribution < -0.4 is 10.1 Å². The number of methoxy groups -OCH3 is 1. The molecule has 0 saturated carbocycles. The highest BCUT2D eigenvalue weighted by atomic mass is 16.5. The van der Waals surface area contributed by atoms with Crippen molar-refractivity contribution in [2.75, 3.05) is 19.0 Å². The summed E-state index contributed by atoms with van der Waals surface area (Å²) in [6.45, 7) is 4.45. The maximum Gasteiger partial charge on any atom is 0.226 e. The van der Waals surface area contributed by atoms with E-state index in [1.165, 1.54) is 12.5 Å². The summed E-state index contributed by atoms with van der Waals surface area (Å²) in [5.74, 6) is 0.618. The minimum absolute atomic E-state index is 0.0547. The fourth-order valence-corrected chi connectivity index (χ4v) is 2.58. The largest absolute Gasteiger partial charge is 0.497 e. The van der Waals surface area contributed by atoms with Crippen LogP contribution in [0.15, 0.2) is 48.5 Å². The molecule has 2 aromatic rings. The molecular formula is C21H26N2O3. The van der Waals surface area contributed by atoms with Crippen molar-refractivity contribution in [3.63, 3.8) is 0 Å². The third kappa shape index (κ3) is 5.92. The average molecular weight is 354 g/mol. The van der Waals surface area contributed by atoms with E-state index in [4.69, 9.17) is 4.74 Å². The Morgan fingerprint density at radius 3 is 2.15 bits per heavy atom. The second kappa shape index (κ2) is 9.61. The van der Waals surface area contributed by atoms with Gasteiger partial charge in [-0.05, 0) is 41.8 Å². The van der Waals surface area contributed by atoms with Crippen LogP contribution in [0.3, 0.4) is 0 Å². The van der Waals surface area contributed by atoms with Gasteiger partial charge < -0.3 is 15.0 Å². The van der Waals surface area contributed by atoms with Gasteiger partial charge in [0.25, 0.3) is 0 Å². The Kier molecular flexibility index (Phi) is 7.21. The summed E-state index contributed by atoms with van der Waals surface area (Å²) < 4.78 is 5.14. The van der Waals surface area contributed by atoms with Crippen molar-refractivity contribution in [3.8, 4) is 5.75 Å². The van der Waals surface area contributed by atoms with Crippen LogP contribution in [0.2, 0.25) is 0 Å². The molecule has 2 aromatic carbocycles.